The molecule has 0 bridgehead atoms. The van der Waals surface area contributed by atoms with Gasteiger partial charge in [0, 0.05) is 34.7 Å². The van der Waals surface area contributed by atoms with E-state index in [0.29, 0.717) is 34.2 Å². The summed E-state index contributed by atoms with van der Waals surface area (Å²) in [7, 11) is -3.29. The predicted molar refractivity (Wildman–Crippen MR) is 96.4 cm³/mol. The van der Waals surface area contributed by atoms with Gasteiger partial charge in [-0.25, -0.2) is 10.2 Å². The highest BCUT2D eigenvalue weighted by Crippen LogP contribution is 2.46. The standard InChI is InChI=1S/C11H18Br2N3O4PS/c1-8-7-22-11(10(8)16(17)18)9(2)20-21(19,14-5-3-12)15-6-4-13/h7,9H,3-6H2,1-2H3,(H2,14,15,19). The van der Waals surface area contributed by atoms with E-state index in [1.165, 1.54) is 11.3 Å². The van der Waals surface area contributed by atoms with Crippen LogP contribution < -0.4 is 10.2 Å². The van der Waals surface area contributed by atoms with Crippen LogP contribution in [0, 0.1) is 17.0 Å². The monoisotopic (exact) mass is 477 g/mol. The van der Waals surface area contributed by atoms with E-state index in [2.05, 4.69) is 42.0 Å². The first-order valence-electron chi connectivity index (χ1n) is 6.47. The summed E-state index contributed by atoms with van der Waals surface area (Å²) in [6.07, 6.45) is -0.657. The van der Waals surface area contributed by atoms with Crippen molar-refractivity contribution in [3.8, 4) is 0 Å². The molecule has 0 fully saturated rings. The first-order chi connectivity index (χ1) is 10.3. The molecule has 126 valence electrons. The highest BCUT2D eigenvalue weighted by atomic mass is 79.9. The van der Waals surface area contributed by atoms with E-state index in [4.69, 9.17) is 4.52 Å². The fourth-order valence-corrected chi connectivity index (χ4v) is 5.47. The van der Waals surface area contributed by atoms with E-state index in [9.17, 15) is 14.7 Å². The van der Waals surface area contributed by atoms with Gasteiger partial charge in [-0.1, -0.05) is 31.9 Å². The fraction of sp³-hybridized carbons (Fsp3) is 0.636. The predicted octanol–water partition coefficient (Wildman–Crippen LogP) is 4.12. The molecule has 0 saturated heterocycles. The molecule has 1 rings (SSSR count). The first-order valence-corrected chi connectivity index (χ1v) is 11.2. The van der Waals surface area contributed by atoms with Crippen molar-refractivity contribution in [1.29, 1.82) is 0 Å². The Labute approximate surface area is 150 Å². The van der Waals surface area contributed by atoms with Crippen LogP contribution in [-0.4, -0.2) is 28.7 Å². The number of halogens is 2. The summed E-state index contributed by atoms with van der Waals surface area (Å²) in [5.74, 6) is 0. The third-order valence-corrected chi connectivity index (χ3v) is 6.59. The normalized spacial score (nSPS) is 13.3. The maximum Gasteiger partial charge on any atom is 0.341 e. The minimum absolute atomic E-state index is 0.0324. The molecular formula is C11H18Br2N3O4PS. The number of hydrogen-bond acceptors (Lipinski definition) is 5. The molecule has 0 radical (unpaired) electrons. The van der Waals surface area contributed by atoms with Crippen molar-refractivity contribution in [2.45, 2.75) is 20.0 Å². The number of nitro groups is 1. The zero-order chi connectivity index (χ0) is 16.8. The molecule has 1 unspecified atom stereocenters. The topological polar surface area (TPSA) is 93.5 Å². The summed E-state index contributed by atoms with van der Waals surface area (Å²) < 4.78 is 18.4. The Morgan fingerprint density at radius 1 is 1.41 bits per heavy atom. The molecule has 11 heteroatoms. The highest BCUT2D eigenvalue weighted by molar-refractivity contribution is 9.09. The van der Waals surface area contributed by atoms with Crippen LogP contribution in [0.5, 0.6) is 0 Å². The largest absolute Gasteiger partial charge is 0.341 e. The molecule has 1 heterocycles. The Balaban J connectivity index is 2.93. The van der Waals surface area contributed by atoms with Crippen LogP contribution in [0.1, 0.15) is 23.5 Å². The van der Waals surface area contributed by atoms with Crippen molar-refractivity contribution in [3.63, 3.8) is 0 Å². The van der Waals surface area contributed by atoms with Gasteiger partial charge >= 0.3 is 7.67 Å². The average molecular weight is 479 g/mol. The Morgan fingerprint density at radius 3 is 2.41 bits per heavy atom. The molecular weight excluding hydrogens is 461 g/mol. The van der Waals surface area contributed by atoms with Crippen molar-refractivity contribution in [1.82, 2.24) is 10.2 Å². The molecule has 0 aromatic carbocycles. The summed E-state index contributed by atoms with van der Waals surface area (Å²) in [6, 6.07) is 0. The van der Waals surface area contributed by atoms with Crippen LogP contribution in [-0.2, 0) is 9.09 Å². The first kappa shape index (κ1) is 20.2. The van der Waals surface area contributed by atoms with E-state index in [1.807, 2.05) is 0 Å². The van der Waals surface area contributed by atoms with Crippen LogP contribution >= 0.6 is 50.9 Å². The zero-order valence-corrected chi connectivity index (χ0v) is 17.1. The lowest BCUT2D eigenvalue weighted by atomic mass is 10.2. The Hall–Kier alpha value is 0.170. The molecule has 2 N–H and O–H groups in total. The van der Waals surface area contributed by atoms with E-state index >= 15 is 0 Å². The second kappa shape index (κ2) is 9.46. The SMILES string of the molecule is Cc1csc(C(C)OP(=O)(NCCBr)NCCBr)c1[N+](=O)[O-]. The molecule has 22 heavy (non-hydrogen) atoms. The van der Waals surface area contributed by atoms with E-state index in [-0.39, 0.29) is 5.69 Å². The second-order valence-corrected chi connectivity index (χ2v) is 8.83. The lowest BCUT2D eigenvalue weighted by Gasteiger charge is -2.23. The van der Waals surface area contributed by atoms with E-state index in [0.717, 1.165) is 0 Å². The maximum atomic E-state index is 12.8. The summed E-state index contributed by atoms with van der Waals surface area (Å²) in [5.41, 5.74) is 0.613. The van der Waals surface area contributed by atoms with Gasteiger partial charge in [-0.3, -0.25) is 19.2 Å². The van der Waals surface area contributed by atoms with Crippen LogP contribution in [0.3, 0.4) is 0 Å². The molecule has 0 saturated carbocycles. The van der Waals surface area contributed by atoms with E-state index in [1.54, 1.807) is 19.2 Å². The van der Waals surface area contributed by atoms with Crippen LogP contribution in [0.15, 0.2) is 5.38 Å². The third kappa shape index (κ3) is 5.67. The van der Waals surface area contributed by atoms with Gasteiger partial charge < -0.3 is 0 Å². The van der Waals surface area contributed by atoms with Crippen molar-refractivity contribution in [3.05, 3.63) is 25.9 Å². The summed E-state index contributed by atoms with van der Waals surface area (Å²) in [6.45, 7) is 4.24. The van der Waals surface area contributed by atoms with Gasteiger partial charge in [0.25, 0.3) is 5.69 Å². The quantitative estimate of drug-likeness (QED) is 0.227. The molecule has 1 atom stereocenters. The van der Waals surface area contributed by atoms with Crippen LogP contribution in [0.25, 0.3) is 0 Å². The van der Waals surface area contributed by atoms with Gasteiger partial charge in [0.15, 0.2) is 0 Å². The summed E-state index contributed by atoms with van der Waals surface area (Å²) in [5, 5.41) is 19.7. The van der Waals surface area contributed by atoms with Crippen LogP contribution in [0.2, 0.25) is 0 Å². The highest BCUT2D eigenvalue weighted by Gasteiger charge is 2.31. The van der Waals surface area contributed by atoms with Crippen LogP contribution in [0.4, 0.5) is 5.69 Å². The van der Waals surface area contributed by atoms with Gasteiger partial charge in [-0.15, -0.1) is 11.3 Å². The van der Waals surface area contributed by atoms with Crippen molar-refractivity contribution in [2.75, 3.05) is 23.7 Å². The average Bonchev–Trinajstić information content (AvgIpc) is 2.85. The number of rotatable bonds is 10. The van der Waals surface area contributed by atoms with Gasteiger partial charge in [0.1, 0.15) is 11.0 Å². The zero-order valence-electron chi connectivity index (χ0n) is 12.2. The molecule has 0 aliphatic carbocycles. The molecule has 0 amide bonds. The number of alkyl halides is 2. The Kier molecular flexibility index (Phi) is 8.69. The third-order valence-electron chi connectivity index (χ3n) is 2.66. The van der Waals surface area contributed by atoms with Gasteiger partial charge in [-0.05, 0) is 13.8 Å². The molecule has 1 aromatic rings. The number of nitrogens with one attached hydrogen (secondary N) is 2. The number of thiophene rings is 1. The molecule has 0 spiro atoms. The minimum Gasteiger partial charge on any atom is -0.297 e. The molecule has 0 aliphatic rings. The Morgan fingerprint density at radius 2 is 1.95 bits per heavy atom. The second-order valence-electron chi connectivity index (χ2n) is 4.38. The maximum absolute atomic E-state index is 12.8. The summed E-state index contributed by atoms with van der Waals surface area (Å²) >= 11 is 7.74. The fourth-order valence-electron chi connectivity index (χ4n) is 1.76. The van der Waals surface area contributed by atoms with E-state index < -0.39 is 18.7 Å². The lowest BCUT2D eigenvalue weighted by molar-refractivity contribution is -0.386. The lowest BCUT2D eigenvalue weighted by Crippen LogP contribution is -2.27. The smallest absolute Gasteiger partial charge is 0.297 e. The van der Waals surface area contributed by atoms with Gasteiger partial charge in [0.05, 0.1) is 4.92 Å². The van der Waals surface area contributed by atoms with Gasteiger partial charge in [0.2, 0.25) is 0 Å². The Bertz CT molecular complexity index is 545. The van der Waals surface area contributed by atoms with Crippen molar-refractivity contribution < 1.29 is 14.0 Å². The van der Waals surface area contributed by atoms with Crippen molar-refractivity contribution in [2.24, 2.45) is 0 Å². The van der Waals surface area contributed by atoms with Crippen molar-refractivity contribution >= 4 is 56.6 Å². The van der Waals surface area contributed by atoms with Gasteiger partial charge in [-0.2, -0.15) is 0 Å². The number of hydrogen-bond donors (Lipinski definition) is 2. The molecule has 7 nitrogen and oxygen atoms in total. The number of aryl methyl sites for hydroxylation is 1. The minimum atomic E-state index is -3.29. The molecule has 1 aromatic heterocycles. The summed E-state index contributed by atoms with van der Waals surface area (Å²) in [4.78, 5) is 11.2. The number of nitrogens with zero attached hydrogens (tertiary/aromatic N) is 1. The molecule has 0 aliphatic heterocycles.